The molecule has 0 radical (unpaired) electrons. The van der Waals surface area contributed by atoms with Crippen LogP contribution >= 0.6 is 0 Å². The van der Waals surface area contributed by atoms with Gasteiger partial charge < -0.3 is 26.4 Å². The molecule has 0 aromatic heterocycles. The van der Waals surface area contributed by atoms with Gasteiger partial charge in [0.1, 0.15) is 6.04 Å². The average molecular weight is 553 g/mol. The molecule has 1 aromatic rings. The normalized spacial score (nSPS) is 32.2. The van der Waals surface area contributed by atoms with Gasteiger partial charge in [0.25, 0.3) is 11.8 Å². The largest absolute Gasteiger partial charge is 0.382 e. The van der Waals surface area contributed by atoms with E-state index in [1.807, 2.05) is 0 Å². The fourth-order valence-electron chi connectivity index (χ4n) is 8.02. The first-order chi connectivity index (χ1) is 19.2. The maximum Gasteiger partial charge on any atom is 0.315 e. The molecule has 214 valence electrons. The molecule has 4 bridgehead atoms. The molecule has 3 atom stereocenters. The number of hydrogen-bond donors (Lipinski definition) is 5. The average Bonchev–Trinajstić information content (AvgIpc) is 3.12. The molecule has 2 heterocycles. The van der Waals surface area contributed by atoms with Crippen LogP contribution in [0.4, 0.5) is 10.5 Å². The molecule has 6 amide bonds. The molecule has 1 aromatic carbocycles. The first kappa shape index (κ1) is 26.7. The molecule has 4 aliphatic carbocycles. The van der Waals surface area contributed by atoms with Gasteiger partial charge >= 0.3 is 6.03 Å². The number of nitrogens with zero attached hydrogens (tertiary/aromatic N) is 1. The van der Waals surface area contributed by atoms with Crippen LogP contribution in [0.2, 0.25) is 0 Å². The molecule has 5 fully saturated rings. The summed E-state index contributed by atoms with van der Waals surface area (Å²) < 4.78 is 5.65. The highest BCUT2D eigenvalue weighted by Crippen LogP contribution is 2.56. The Kier molecular flexibility index (Phi) is 6.78. The van der Waals surface area contributed by atoms with E-state index in [-0.39, 0.29) is 41.1 Å². The van der Waals surface area contributed by atoms with Crippen LogP contribution < -0.4 is 27.0 Å². The number of nitrogens with one attached hydrogen (secondary N) is 4. The summed E-state index contributed by atoms with van der Waals surface area (Å²) >= 11 is 0. The number of imide groups is 2. The SMILES string of the molecule is NC12CC3CC(C1)CC(NC(=O)NCCOCCNc1cccc4c1C(=O)N(C1CCC(=O)NC1=O)C4=O)(C3)C2. The Balaban J connectivity index is 0.942. The zero-order valence-electron chi connectivity index (χ0n) is 22.4. The fourth-order valence-corrected chi connectivity index (χ4v) is 8.02. The highest BCUT2D eigenvalue weighted by molar-refractivity contribution is 6.25. The van der Waals surface area contributed by atoms with E-state index in [4.69, 9.17) is 10.5 Å². The summed E-state index contributed by atoms with van der Waals surface area (Å²) in [6, 6.07) is 3.72. The highest BCUT2D eigenvalue weighted by Gasteiger charge is 2.56. The van der Waals surface area contributed by atoms with E-state index in [9.17, 15) is 24.0 Å². The standard InChI is InChI=1S/C28H36N6O6/c29-27-11-16-10-17(12-27)14-28(13-16,15-27)33-26(39)31-7-9-40-8-6-30-19-3-1-2-18-22(19)25(38)34(24(18)37)20-4-5-21(35)32-23(20)36/h1-3,16-17,20,30H,4-15,29H2,(H2,31,33,39)(H,32,35,36). The van der Waals surface area contributed by atoms with Crippen molar-refractivity contribution in [2.75, 3.05) is 31.6 Å². The zero-order valence-corrected chi connectivity index (χ0v) is 22.4. The second-order valence-corrected chi connectivity index (χ2v) is 12.2. The molecule has 2 aliphatic heterocycles. The lowest BCUT2D eigenvalue weighted by Crippen LogP contribution is -2.69. The number of nitrogens with two attached hydrogens (primary N) is 1. The third-order valence-corrected chi connectivity index (χ3v) is 9.05. The molecule has 1 saturated heterocycles. The summed E-state index contributed by atoms with van der Waals surface area (Å²) in [6.07, 6.45) is 6.44. The smallest absolute Gasteiger partial charge is 0.315 e. The van der Waals surface area contributed by atoms with Crippen LogP contribution in [0.25, 0.3) is 0 Å². The summed E-state index contributed by atoms with van der Waals surface area (Å²) in [7, 11) is 0. The number of ether oxygens (including phenoxy) is 1. The van der Waals surface area contributed by atoms with Crippen LogP contribution in [-0.2, 0) is 14.3 Å². The Labute approximate surface area is 232 Å². The van der Waals surface area contributed by atoms with Crippen molar-refractivity contribution >= 4 is 35.3 Å². The monoisotopic (exact) mass is 552 g/mol. The van der Waals surface area contributed by atoms with E-state index < -0.39 is 29.7 Å². The number of fused-ring (bicyclic) bond motifs is 1. The third-order valence-electron chi connectivity index (χ3n) is 9.05. The van der Waals surface area contributed by atoms with Gasteiger partial charge in [-0.05, 0) is 68.9 Å². The van der Waals surface area contributed by atoms with Crippen molar-refractivity contribution in [2.45, 2.75) is 68.5 Å². The summed E-state index contributed by atoms with van der Waals surface area (Å²) in [6.45, 7) is 1.36. The van der Waals surface area contributed by atoms with Gasteiger partial charge in [0, 0.05) is 36.3 Å². The third kappa shape index (κ3) is 4.94. The van der Waals surface area contributed by atoms with Crippen LogP contribution in [0.5, 0.6) is 0 Å². The summed E-state index contributed by atoms with van der Waals surface area (Å²) in [5.74, 6) is -0.938. The molecule has 6 aliphatic rings. The number of amides is 6. The molecular formula is C28H36N6O6. The summed E-state index contributed by atoms with van der Waals surface area (Å²) in [5, 5.41) is 11.5. The number of carbonyl (C=O) groups excluding carboxylic acids is 5. The van der Waals surface area contributed by atoms with Gasteiger partial charge in [0.2, 0.25) is 11.8 Å². The van der Waals surface area contributed by atoms with Crippen molar-refractivity contribution < 1.29 is 28.7 Å². The Hall–Kier alpha value is -3.51. The number of urea groups is 1. The first-order valence-corrected chi connectivity index (χ1v) is 14.2. The van der Waals surface area contributed by atoms with Gasteiger partial charge in [0.15, 0.2) is 0 Å². The molecule has 12 nitrogen and oxygen atoms in total. The van der Waals surface area contributed by atoms with E-state index in [0.717, 1.165) is 37.0 Å². The van der Waals surface area contributed by atoms with Crippen molar-refractivity contribution in [2.24, 2.45) is 17.6 Å². The molecule has 12 heteroatoms. The predicted molar refractivity (Wildman–Crippen MR) is 143 cm³/mol. The number of carbonyl (C=O) groups is 5. The van der Waals surface area contributed by atoms with Crippen molar-refractivity contribution in [3.8, 4) is 0 Å². The van der Waals surface area contributed by atoms with Gasteiger partial charge in [-0.3, -0.25) is 29.4 Å². The van der Waals surface area contributed by atoms with Crippen LogP contribution in [0.1, 0.15) is 72.1 Å². The van der Waals surface area contributed by atoms with E-state index in [1.54, 1.807) is 18.2 Å². The van der Waals surface area contributed by atoms with Crippen LogP contribution in [0.15, 0.2) is 18.2 Å². The maximum absolute atomic E-state index is 13.2. The Morgan fingerprint density at radius 1 is 1.05 bits per heavy atom. The van der Waals surface area contributed by atoms with Gasteiger partial charge in [-0.15, -0.1) is 0 Å². The second kappa shape index (κ2) is 10.2. The maximum atomic E-state index is 13.2. The molecule has 40 heavy (non-hydrogen) atoms. The number of rotatable bonds is 9. The summed E-state index contributed by atoms with van der Waals surface area (Å²) in [4.78, 5) is 63.4. The van der Waals surface area contributed by atoms with Crippen LogP contribution in [0.3, 0.4) is 0 Å². The lowest BCUT2D eigenvalue weighted by Gasteiger charge is -2.60. The molecule has 7 rings (SSSR count). The quantitative estimate of drug-likeness (QED) is 0.222. The molecule has 4 saturated carbocycles. The van der Waals surface area contributed by atoms with Gasteiger partial charge in [-0.2, -0.15) is 0 Å². The zero-order chi connectivity index (χ0) is 28.1. The van der Waals surface area contributed by atoms with Crippen molar-refractivity contribution in [1.82, 2.24) is 20.9 Å². The Morgan fingerprint density at radius 3 is 2.52 bits per heavy atom. The van der Waals surface area contributed by atoms with Gasteiger partial charge in [-0.25, -0.2) is 4.79 Å². The van der Waals surface area contributed by atoms with Crippen molar-refractivity contribution in [1.29, 1.82) is 0 Å². The Bertz CT molecular complexity index is 1250. The topological polar surface area (TPSA) is 172 Å². The minimum Gasteiger partial charge on any atom is -0.382 e. The molecule has 0 spiro atoms. The fraction of sp³-hybridized carbons (Fsp3) is 0.607. The van der Waals surface area contributed by atoms with E-state index in [2.05, 4.69) is 21.3 Å². The molecule has 3 unspecified atom stereocenters. The number of benzene rings is 1. The molecular weight excluding hydrogens is 516 g/mol. The number of hydrogen-bond acceptors (Lipinski definition) is 8. The highest BCUT2D eigenvalue weighted by atomic mass is 16.5. The van der Waals surface area contributed by atoms with Crippen molar-refractivity contribution in [3.05, 3.63) is 29.3 Å². The number of piperidine rings is 1. The minimum atomic E-state index is -1.01. The van der Waals surface area contributed by atoms with E-state index in [1.165, 1.54) is 6.42 Å². The molecule has 6 N–H and O–H groups in total. The van der Waals surface area contributed by atoms with Crippen LogP contribution in [0, 0.1) is 11.8 Å². The van der Waals surface area contributed by atoms with E-state index >= 15 is 0 Å². The first-order valence-electron chi connectivity index (χ1n) is 14.2. The number of anilines is 1. The summed E-state index contributed by atoms with van der Waals surface area (Å²) in [5.41, 5.74) is 7.21. The minimum absolute atomic E-state index is 0.0684. The lowest BCUT2D eigenvalue weighted by molar-refractivity contribution is -0.136. The second-order valence-electron chi connectivity index (χ2n) is 12.2. The van der Waals surface area contributed by atoms with Crippen molar-refractivity contribution in [3.63, 3.8) is 0 Å². The van der Waals surface area contributed by atoms with Crippen LogP contribution in [-0.4, -0.2) is 78.0 Å². The van der Waals surface area contributed by atoms with E-state index in [0.29, 0.717) is 43.8 Å². The van der Waals surface area contributed by atoms with Gasteiger partial charge in [0.05, 0.1) is 24.3 Å². The Morgan fingerprint density at radius 2 is 1.80 bits per heavy atom. The lowest BCUT2D eigenvalue weighted by atomic mass is 9.50. The predicted octanol–water partition coefficient (Wildman–Crippen LogP) is 0.866. The van der Waals surface area contributed by atoms with Gasteiger partial charge in [-0.1, -0.05) is 6.07 Å².